The maximum atomic E-state index is 7.11. The van der Waals surface area contributed by atoms with E-state index in [-0.39, 0.29) is 6.79 Å². The number of ether oxygens (including phenoxy) is 2. The van der Waals surface area contributed by atoms with Crippen LogP contribution in [0.15, 0.2) is 18.2 Å². The lowest BCUT2D eigenvalue weighted by Gasteiger charge is -1.97. The minimum atomic E-state index is -0.819. The molecule has 0 atom stereocenters. The van der Waals surface area contributed by atoms with E-state index in [1.54, 1.807) is 0 Å². The lowest BCUT2D eigenvalue weighted by Crippen LogP contribution is -1.92. The molecule has 0 N–H and O–H groups in total. The molecule has 1 aliphatic heterocycles. The molecular formula is C9H10O2. The molecule has 2 rings (SSSR count). The van der Waals surface area contributed by atoms with E-state index in [9.17, 15) is 0 Å². The van der Waals surface area contributed by atoms with Gasteiger partial charge in [0.05, 0.1) is 0 Å². The molecule has 1 aromatic rings. The Bertz CT molecular complexity index is 312. The predicted molar refractivity (Wildman–Crippen MR) is 41.9 cm³/mol. The second kappa shape index (κ2) is 2.46. The van der Waals surface area contributed by atoms with Gasteiger partial charge in [-0.2, -0.15) is 0 Å². The maximum absolute atomic E-state index is 7.11. The molecule has 0 spiro atoms. The molecule has 0 aromatic heterocycles. The van der Waals surface area contributed by atoms with E-state index in [2.05, 4.69) is 0 Å². The maximum Gasteiger partial charge on any atom is 0.231 e. The van der Waals surface area contributed by atoms with Gasteiger partial charge in [-0.3, -0.25) is 0 Å². The molecule has 0 saturated heterocycles. The summed E-state index contributed by atoms with van der Waals surface area (Å²) in [6, 6.07) is 5.52. The molecule has 0 unspecified atom stereocenters. The van der Waals surface area contributed by atoms with Crippen molar-refractivity contribution in [3.05, 3.63) is 23.8 Å². The molecule has 11 heavy (non-hydrogen) atoms. The van der Waals surface area contributed by atoms with Gasteiger partial charge in [-0.05, 0) is 24.1 Å². The monoisotopic (exact) mass is 152 g/mol. The fraction of sp³-hybridized carbons (Fsp3) is 0.333. The second-order valence-electron chi connectivity index (χ2n) is 2.39. The molecule has 0 bridgehead atoms. The lowest BCUT2D eigenvalue weighted by atomic mass is 10.1. The Hall–Kier alpha value is -1.18. The summed E-state index contributed by atoms with van der Waals surface area (Å²) in [6.07, 6.45) is 0.427. The average molecular weight is 152 g/mol. The summed E-state index contributed by atoms with van der Waals surface area (Å²) in [5.74, 6) is 1.47. The van der Waals surface area contributed by atoms with Crippen molar-refractivity contribution in [2.75, 3.05) is 6.79 Å². The highest BCUT2D eigenvalue weighted by atomic mass is 16.7. The second-order valence-corrected chi connectivity index (χ2v) is 2.39. The number of fused-ring (bicyclic) bond motifs is 1. The summed E-state index contributed by atoms with van der Waals surface area (Å²) in [6.45, 7) is -0.551. The minimum Gasteiger partial charge on any atom is -0.454 e. The zero-order valence-electron chi connectivity index (χ0n) is 8.04. The molecule has 2 heteroatoms. The zero-order valence-corrected chi connectivity index (χ0v) is 6.04. The Labute approximate surface area is 68.6 Å². The highest BCUT2D eigenvalue weighted by molar-refractivity contribution is 5.44. The van der Waals surface area contributed by atoms with E-state index in [1.165, 1.54) is 0 Å². The summed E-state index contributed by atoms with van der Waals surface area (Å²) < 4.78 is 24.5. The Morgan fingerprint density at radius 1 is 1.45 bits per heavy atom. The van der Waals surface area contributed by atoms with Crippen molar-refractivity contribution in [1.82, 2.24) is 0 Å². The minimum absolute atomic E-state index is 0.268. The van der Waals surface area contributed by atoms with Crippen LogP contribution in [0.5, 0.6) is 11.5 Å². The molecular weight excluding hydrogens is 140 g/mol. The van der Waals surface area contributed by atoms with Crippen LogP contribution in [0, 0.1) is 0 Å². The first kappa shape index (κ1) is 4.65. The Kier molecular flexibility index (Phi) is 1.04. The van der Waals surface area contributed by atoms with Crippen LogP contribution in [0.2, 0.25) is 0 Å². The normalized spacial score (nSPS) is 16.5. The molecule has 0 aliphatic carbocycles. The Morgan fingerprint density at radius 2 is 2.36 bits per heavy atom. The zero-order chi connectivity index (χ0) is 9.26. The van der Waals surface area contributed by atoms with Crippen LogP contribution in [0.4, 0.5) is 0 Å². The fourth-order valence-corrected chi connectivity index (χ4v) is 1.07. The van der Waals surface area contributed by atoms with Crippen molar-refractivity contribution in [1.29, 1.82) is 0 Å². The van der Waals surface area contributed by atoms with Gasteiger partial charge in [0, 0.05) is 2.74 Å². The molecule has 2 nitrogen and oxygen atoms in total. The molecule has 0 fully saturated rings. The molecule has 1 aliphatic rings. The van der Waals surface area contributed by atoms with E-state index >= 15 is 0 Å². The van der Waals surface area contributed by atoms with Crippen molar-refractivity contribution >= 4 is 0 Å². The Morgan fingerprint density at radius 3 is 3.27 bits per heavy atom. The average Bonchev–Trinajstić information content (AvgIpc) is 2.49. The van der Waals surface area contributed by atoms with Gasteiger partial charge in [0.25, 0.3) is 0 Å². The van der Waals surface area contributed by atoms with Crippen LogP contribution in [-0.2, 0) is 6.42 Å². The van der Waals surface area contributed by atoms with Crippen molar-refractivity contribution in [2.24, 2.45) is 0 Å². The van der Waals surface area contributed by atoms with Crippen LogP contribution < -0.4 is 9.47 Å². The summed E-state index contributed by atoms with van der Waals surface area (Å²) in [5, 5.41) is 0. The van der Waals surface area contributed by atoms with E-state index in [1.807, 2.05) is 18.2 Å². The van der Waals surface area contributed by atoms with Gasteiger partial charge in [-0.1, -0.05) is 12.9 Å². The van der Waals surface area contributed by atoms with E-state index in [0.29, 0.717) is 6.42 Å². The molecule has 0 amide bonds. The third kappa shape index (κ3) is 1.04. The highest BCUT2D eigenvalue weighted by Crippen LogP contribution is 2.32. The van der Waals surface area contributed by atoms with Crippen LogP contribution >= 0.6 is 0 Å². The molecule has 1 aromatic carbocycles. The highest BCUT2D eigenvalue weighted by Gasteiger charge is 2.11. The van der Waals surface area contributed by atoms with Gasteiger partial charge >= 0.3 is 0 Å². The number of rotatable bonds is 1. The first-order chi connectivity index (χ1) is 6.25. The molecule has 0 radical (unpaired) electrons. The third-order valence-electron chi connectivity index (χ3n) is 1.67. The number of hydrogen-bond acceptors (Lipinski definition) is 2. The SMILES string of the molecule is [2H]C([2H])Cc1ccc2c(c1)OCO2. The van der Waals surface area contributed by atoms with Gasteiger partial charge in [0.15, 0.2) is 11.5 Å². The van der Waals surface area contributed by atoms with Crippen molar-refractivity contribution in [3.8, 4) is 11.5 Å². The summed E-state index contributed by atoms with van der Waals surface area (Å²) >= 11 is 0. The van der Waals surface area contributed by atoms with Crippen LogP contribution in [0.25, 0.3) is 0 Å². The van der Waals surface area contributed by atoms with E-state index in [0.717, 1.165) is 17.1 Å². The van der Waals surface area contributed by atoms with Crippen LogP contribution in [-0.4, -0.2) is 6.79 Å². The molecule has 1 heterocycles. The van der Waals surface area contributed by atoms with Gasteiger partial charge in [0.1, 0.15) is 0 Å². The van der Waals surface area contributed by atoms with Gasteiger partial charge in [0.2, 0.25) is 6.79 Å². The fourth-order valence-electron chi connectivity index (χ4n) is 1.07. The van der Waals surface area contributed by atoms with Crippen LogP contribution in [0.3, 0.4) is 0 Å². The summed E-state index contributed by atoms with van der Waals surface area (Å²) in [7, 11) is 0. The van der Waals surface area contributed by atoms with Gasteiger partial charge in [-0.15, -0.1) is 0 Å². The van der Waals surface area contributed by atoms with Crippen LogP contribution in [0.1, 0.15) is 15.2 Å². The topological polar surface area (TPSA) is 18.5 Å². The van der Waals surface area contributed by atoms with E-state index < -0.39 is 6.88 Å². The number of benzene rings is 1. The quantitative estimate of drug-likeness (QED) is 0.612. The smallest absolute Gasteiger partial charge is 0.231 e. The van der Waals surface area contributed by atoms with Crippen molar-refractivity contribution in [3.63, 3.8) is 0 Å². The van der Waals surface area contributed by atoms with E-state index in [4.69, 9.17) is 12.2 Å². The Balaban J connectivity index is 2.21. The first-order valence-electron chi connectivity index (χ1n) is 4.64. The third-order valence-corrected chi connectivity index (χ3v) is 1.67. The predicted octanol–water partition coefficient (Wildman–Crippen LogP) is 1.98. The first-order valence-corrected chi connectivity index (χ1v) is 3.49. The molecule has 58 valence electrons. The van der Waals surface area contributed by atoms with Gasteiger partial charge in [-0.25, -0.2) is 0 Å². The lowest BCUT2D eigenvalue weighted by molar-refractivity contribution is 0.174. The largest absolute Gasteiger partial charge is 0.454 e. The summed E-state index contributed by atoms with van der Waals surface area (Å²) in [5.41, 5.74) is 0.944. The number of hydrogen-bond donors (Lipinski definition) is 0. The number of aryl methyl sites for hydroxylation is 1. The molecule has 0 saturated carbocycles. The van der Waals surface area contributed by atoms with Gasteiger partial charge < -0.3 is 9.47 Å². The van der Waals surface area contributed by atoms with Crippen molar-refractivity contribution in [2.45, 2.75) is 13.3 Å². The summed E-state index contributed by atoms with van der Waals surface area (Å²) in [4.78, 5) is 0. The van der Waals surface area contributed by atoms with Crippen molar-refractivity contribution < 1.29 is 12.2 Å². The standard InChI is InChI=1S/C9H10O2/c1-2-7-3-4-8-9(5-7)11-6-10-8/h3-5H,2,6H2,1H3/i1D2.